The number of nitrogens with zero attached hydrogens (tertiary/aromatic N) is 1. The average molecular weight is 141 g/mol. The fourth-order valence-corrected chi connectivity index (χ4v) is 0.727. The maximum Gasteiger partial charge on any atom is 0.0593 e. The smallest absolute Gasteiger partial charge is 0.0593 e. The van der Waals surface area contributed by atoms with E-state index in [0.29, 0.717) is 6.54 Å². The molecule has 0 bridgehead atoms. The molecule has 50 valence electrons. The Hall–Kier alpha value is -0.500. The highest BCUT2D eigenvalue weighted by molar-refractivity contribution is 7.84. The van der Waals surface area contributed by atoms with Crippen LogP contribution in [-0.2, 0) is 0 Å². The van der Waals surface area contributed by atoms with Gasteiger partial charge in [0.15, 0.2) is 0 Å². The summed E-state index contributed by atoms with van der Waals surface area (Å²) >= 11 is 4.00. The number of allylic oxidation sites excluding steroid dienone is 1. The zero-order valence-electron chi connectivity index (χ0n) is 5.59. The minimum atomic E-state index is 0.666. The molecule has 2 heteroatoms. The van der Waals surface area contributed by atoms with Gasteiger partial charge in [-0.15, -0.1) is 12.6 Å². The summed E-state index contributed by atoms with van der Waals surface area (Å²) in [7, 11) is 0. The molecule has 0 unspecified atom stereocenters. The van der Waals surface area contributed by atoms with Gasteiger partial charge in [0.05, 0.1) is 6.54 Å². The molecule has 0 aromatic carbocycles. The topological polar surface area (TPSA) is 12.4 Å². The van der Waals surface area contributed by atoms with Crippen molar-refractivity contribution in [3.63, 3.8) is 0 Å². The van der Waals surface area contributed by atoms with Crippen LogP contribution in [0.2, 0.25) is 0 Å². The highest BCUT2D eigenvalue weighted by Gasteiger charge is 1.83. The van der Waals surface area contributed by atoms with Gasteiger partial charge in [0.2, 0.25) is 0 Å². The zero-order valence-corrected chi connectivity index (χ0v) is 6.49. The van der Waals surface area contributed by atoms with E-state index in [4.69, 9.17) is 0 Å². The van der Waals surface area contributed by atoms with Crippen molar-refractivity contribution in [3.8, 4) is 0 Å². The SMILES string of the molecule is C=NC/C(C)=C/C(=C)S. The molecule has 0 radical (unpaired) electrons. The van der Waals surface area contributed by atoms with Crippen LogP contribution in [-0.4, -0.2) is 13.3 Å². The second kappa shape index (κ2) is 4.39. The summed E-state index contributed by atoms with van der Waals surface area (Å²) in [5, 5.41) is 0. The minimum Gasteiger partial charge on any atom is -0.297 e. The van der Waals surface area contributed by atoms with Crippen LogP contribution in [0.4, 0.5) is 0 Å². The number of hydrogen-bond donors (Lipinski definition) is 1. The molecule has 0 spiro atoms. The Labute approximate surface area is 61.6 Å². The van der Waals surface area contributed by atoms with Crippen LogP contribution in [0.15, 0.2) is 28.1 Å². The van der Waals surface area contributed by atoms with Gasteiger partial charge in [0.1, 0.15) is 0 Å². The number of rotatable bonds is 3. The molecule has 0 aromatic rings. The molecule has 0 aliphatic rings. The molecular formula is C7H11NS. The summed E-state index contributed by atoms with van der Waals surface area (Å²) in [6.07, 6.45) is 1.87. The Kier molecular flexibility index (Phi) is 4.14. The van der Waals surface area contributed by atoms with Gasteiger partial charge in [-0.2, -0.15) is 0 Å². The Morgan fingerprint density at radius 2 is 2.33 bits per heavy atom. The largest absolute Gasteiger partial charge is 0.297 e. The maximum atomic E-state index is 4.00. The van der Waals surface area contributed by atoms with Crippen LogP contribution in [0, 0.1) is 0 Å². The van der Waals surface area contributed by atoms with Crippen molar-refractivity contribution in [2.24, 2.45) is 4.99 Å². The highest BCUT2D eigenvalue weighted by atomic mass is 32.1. The van der Waals surface area contributed by atoms with E-state index < -0.39 is 0 Å². The zero-order chi connectivity index (χ0) is 7.28. The van der Waals surface area contributed by atoms with E-state index in [1.165, 1.54) is 0 Å². The van der Waals surface area contributed by atoms with Crippen molar-refractivity contribution < 1.29 is 0 Å². The molecule has 0 N–H and O–H groups in total. The summed E-state index contributed by atoms with van der Waals surface area (Å²) in [6.45, 7) is 9.60. The van der Waals surface area contributed by atoms with E-state index >= 15 is 0 Å². The van der Waals surface area contributed by atoms with Gasteiger partial charge in [0, 0.05) is 0 Å². The van der Waals surface area contributed by atoms with Crippen molar-refractivity contribution in [1.29, 1.82) is 0 Å². The molecular weight excluding hydrogens is 130 g/mol. The van der Waals surface area contributed by atoms with Crippen molar-refractivity contribution >= 4 is 19.3 Å². The fourth-order valence-electron chi connectivity index (χ4n) is 0.506. The van der Waals surface area contributed by atoms with Crippen LogP contribution in [0.25, 0.3) is 0 Å². The maximum absolute atomic E-state index is 4.00. The fraction of sp³-hybridized carbons (Fsp3) is 0.286. The Morgan fingerprint density at radius 1 is 1.78 bits per heavy atom. The van der Waals surface area contributed by atoms with Gasteiger partial charge >= 0.3 is 0 Å². The lowest BCUT2D eigenvalue weighted by Gasteiger charge is -1.92. The third kappa shape index (κ3) is 5.37. The van der Waals surface area contributed by atoms with E-state index in [1.807, 2.05) is 13.0 Å². The van der Waals surface area contributed by atoms with Gasteiger partial charge in [-0.25, -0.2) is 0 Å². The Morgan fingerprint density at radius 3 is 2.67 bits per heavy atom. The standard InChI is InChI=1S/C7H11NS/c1-6(5-8-3)4-7(2)9/h4,9H,2-3,5H2,1H3/b6-4+. The van der Waals surface area contributed by atoms with Crippen LogP contribution in [0.3, 0.4) is 0 Å². The van der Waals surface area contributed by atoms with Crippen molar-refractivity contribution in [2.75, 3.05) is 6.54 Å². The summed E-state index contributed by atoms with van der Waals surface area (Å²) in [6, 6.07) is 0. The first-order valence-electron chi connectivity index (χ1n) is 2.64. The molecule has 9 heavy (non-hydrogen) atoms. The quantitative estimate of drug-likeness (QED) is 0.351. The summed E-state index contributed by atoms with van der Waals surface area (Å²) in [4.78, 5) is 4.46. The van der Waals surface area contributed by atoms with Crippen LogP contribution >= 0.6 is 12.6 Å². The molecule has 0 amide bonds. The van der Waals surface area contributed by atoms with E-state index in [0.717, 1.165) is 10.5 Å². The van der Waals surface area contributed by atoms with Crippen LogP contribution in [0.5, 0.6) is 0 Å². The second-order valence-electron chi connectivity index (χ2n) is 1.86. The third-order valence-electron chi connectivity index (χ3n) is 0.774. The normalized spacial score (nSPS) is 11.1. The number of thiol groups is 1. The first-order valence-corrected chi connectivity index (χ1v) is 3.09. The molecule has 0 saturated heterocycles. The van der Waals surface area contributed by atoms with Gasteiger partial charge < -0.3 is 0 Å². The lowest BCUT2D eigenvalue weighted by Crippen LogP contribution is -1.80. The first-order chi connectivity index (χ1) is 4.16. The van der Waals surface area contributed by atoms with Crippen LogP contribution in [0.1, 0.15) is 6.92 Å². The molecule has 0 heterocycles. The number of hydrogen-bond acceptors (Lipinski definition) is 2. The Balaban J connectivity index is 3.83. The van der Waals surface area contributed by atoms with Gasteiger partial charge in [-0.3, -0.25) is 4.99 Å². The molecule has 0 aromatic heterocycles. The lowest BCUT2D eigenvalue weighted by molar-refractivity contribution is 1.15. The molecule has 0 saturated carbocycles. The molecule has 0 aliphatic carbocycles. The lowest BCUT2D eigenvalue weighted by atomic mass is 10.3. The van der Waals surface area contributed by atoms with Crippen LogP contribution < -0.4 is 0 Å². The van der Waals surface area contributed by atoms with Crippen molar-refractivity contribution in [2.45, 2.75) is 6.92 Å². The third-order valence-corrected chi connectivity index (χ3v) is 0.903. The second-order valence-corrected chi connectivity index (χ2v) is 2.44. The molecule has 1 nitrogen and oxygen atoms in total. The van der Waals surface area contributed by atoms with E-state index in [-0.39, 0.29) is 0 Å². The van der Waals surface area contributed by atoms with E-state index in [2.05, 4.69) is 30.9 Å². The highest BCUT2D eigenvalue weighted by Crippen LogP contribution is 2.02. The van der Waals surface area contributed by atoms with Crippen molar-refractivity contribution in [1.82, 2.24) is 0 Å². The molecule has 0 rings (SSSR count). The first kappa shape index (κ1) is 8.50. The van der Waals surface area contributed by atoms with E-state index in [9.17, 15) is 0 Å². The monoisotopic (exact) mass is 141 g/mol. The minimum absolute atomic E-state index is 0.666. The summed E-state index contributed by atoms with van der Waals surface area (Å²) < 4.78 is 0. The van der Waals surface area contributed by atoms with E-state index in [1.54, 1.807) is 0 Å². The average Bonchev–Trinajstić information content (AvgIpc) is 1.63. The summed E-state index contributed by atoms with van der Waals surface area (Å²) in [5.74, 6) is 0. The van der Waals surface area contributed by atoms with Gasteiger partial charge in [-0.1, -0.05) is 12.2 Å². The predicted molar refractivity (Wildman–Crippen MR) is 46.3 cm³/mol. The summed E-state index contributed by atoms with van der Waals surface area (Å²) in [5.41, 5.74) is 1.13. The molecule has 0 fully saturated rings. The van der Waals surface area contributed by atoms with Gasteiger partial charge in [0.25, 0.3) is 0 Å². The molecule has 0 aliphatic heterocycles. The molecule has 0 atom stereocenters. The predicted octanol–water partition coefficient (Wildman–Crippen LogP) is 2.08. The number of aliphatic imine (C=N–C) groups is 1. The van der Waals surface area contributed by atoms with Gasteiger partial charge in [-0.05, 0) is 24.6 Å². The van der Waals surface area contributed by atoms with Crippen molar-refractivity contribution in [3.05, 3.63) is 23.1 Å². The Bertz CT molecular complexity index is 147.